The smallest absolute Gasteiger partial charge is 0.242 e. The molecule has 10 nitrogen and oxygen atoms in total. The van der Waals surface area contributed by atoms with E-state index in [0.717, 1.165) is 94.1 Å². The van der Waals surface area contributed by atoms with Gasteiger partial charge in [0.15, 0.2) is 0 Å². The molecular weight excluding hydrogens is 737 g/mol. The highest BCUT2D eigenvalue weighted by Gasteiger charge is 2.38. The monoisotopic (exact) mass is 796 g/mol. The maximum absolute atomic E-state index is 7.28. The first-order chi connectivity index (χ1) is 28.8. The van der Waals surface area contributed by atoms with Crippen molar-refractivity contribution in [1.82, 2.24) is 30.0 Å². The van der Waals surface area contributed by atoms with Crippen molar-refractivity contribution in [2.24, 2.45) is 23.7 Å². The Hall–Kier alpha value is -5.06. The summed E-state index contributed by atoms with van der Waals surface area (Å²) in [5.74, 6) is 5.08. The van der Waals surface area contributed by atoms with E-state index in [9.17, 15) is 0 Å². The lowest BCUT2D eigenvalue weighted by atomic mass is 9.78. The molecule has 0 bridgehead atoms. The Morgan fingerprint density at radius 3 is 2.00 bits per heavy atom. The van der Waals surface area contributed by atoms with Crippen molar-refractivity contribution in [3.05, 3.63) is 96.3 Å². The lowest BCUT2D eigenvalue weighted by molar-refractivity contribution is 0.0241. The minimum atomic E-state index is -0.354. The van der Waals surface area contributed by atoms with Crippen molar-refractivity contribution in [3.63, 3.8) is 0 Å². The number of aromatic nitrogens is 4. The molecule has 0 N–H and O–H groups in total. The number of likely N-dealkylation sites (tertiary alicyclic amines) is 2. The van der Waals surface area contributed by atoms with E-state index in [1.165, 1.54) is 12.8 Å². The normalized spacial score (nSPS) is 21.9. The fourth-order valence-corrected chi connectivity index (χ4v) is 9.61. The molecule has 8 rings (SSSR count). The molecule has 0 spiro atoms. The third-order valence-corrected chi connectivity index (χ3v) is 13.6. The van der Waals surface area contributed by atoms with Crippen molar-refractivity contribution in [3.8, 4) is 23.3 Å². The molecule has 2 aliphatic heterocycles. The molecule has 0 aliphatic carbocycles. The van der Waals surface area contributed by atoms with Crippen LogP contribution in [0, 0.1) is 23.7 Å². The summed E-state index contributed by atoms with van der Waals surface area (Å²) in [4.78, 5) is 14.5. The maximum atomic E-state index is 7.28. The van der Waals surface area contributed by atoms with Gasteiger partial charge in [0.25, 0.3) is 0 Å². The molecule has 0 radical (unpaired) electrons. The molecule has 7 atom stereocenters. The number of benzene rings is 3. The topological polar surface area (TPSA) is 95.0 Å². The van der Waals surface area contributed by atoms with E-state index in [1.807, 2.05) is 48.8 Å². The van der Waals surface area contributed by atoms with E-state index in [2.05, 4.69) is 80.9 Å². The molecule has 0 amide bonds. The second kappa shape index (κ2) is 18.1. The van der Waals surface area contributed by atoms with Crippen molar-refractivity contribution in [2.45, 2.75) is 78.0 Å². The number of methoxy groups -OCH3 is 2. The Balaban J connectivity index is 1.20. The van der Waals surface area contributed by atoms with Crippen molar-refractivity contribution in [2.75, 3.05) is 47.4 Å². The third-order valence-electron chi connectivity index (χ3n) is 13.6. The molecule has 310 valence electrons. The number of fused-ring (bicyclic) bond motifs is 3. The molecule has 3 aromatic carbocycles. The van der Waals surface area contributed by atoms with Crippen LogP contribution in [0.15, 0.2) is 85.2 Å². The minimum Gasteiger partial charge on any atom is -0.497 e. The van der Waals surface area contributed by atoms with Crippen LogP contribution in [0.5, 0.6) is 23.3 Å². The van der Waals surface area contributed by atoms with Crippen LogP contribution in [0.1, 0.15) is 83.1 Å². The van der Waals surface area contributed by atoms with Gasteiger partial charge in [0.05, 0.1) is 42.1 Å². The number of piperidine rings is 2. The number of hydrogen-bond acceptors (Lipinski definition) is 10. The number of nitrogens with zero attached hydrogens (tertiary/aromatic N) is 6. The Labute approximate surface area is 349 Å². The van der Waals surface area contributed by atoms with Crippen molar-refractivity contribution < 1.29 is 18.9 Å². The molecule has 10 heteroatoms. The Kier molecular flexibility index (Phi) is 12.5. The predicted octanol–water partition coefficient (Wildman–Crippen LogP) is 10.1. The van der Waals surface area contributed by atoms with Crippen LogP contribution in [0.25, 0.3) is 32.6 Å². The highest BCUT2D eigenvalue weighted by Crippen LogP contribution is 2.42. The van der Waals surface area contributed by atoms with Crippen LogP contribution in [0.2, 0.25) is 0 Å². The number of rotatable bonds is 14. The summed E-state index contributed by atoms with van der Waals surface area (Å²) in [6, 6.07) is 24.6. The van der Waals surface area contributed by atoms with E-state index < -0.39 is 0 Å². The van der Waals surface area contributed by atoms with Gasteiger partial charge in [-0.15, -0.1) is 10.2 Å². The molecule has 59 heavy (non-hydrogen) atoms. The summed E-state index contributed by atoms with van der Waals surface area (Å²) >= 11 is 0. The number of pyridine rings is 2. The Morgan fingerprint density at radius 2 is 1.37 bits per heavy atom. The first-order valence-corrected chi connectivity index (χ1v) is 21.6. The van der Waals surface area contributed by atoms with Crippen molar-refractivity contribution in [1.29, 1.82) is 0 Å². The zero-order chi connectivity index (χ0) is 41.0. The highest BCUT2D eigenvalue weighted by atomic mass is 16.5. The predicted molar refractivity (Wildman–Crippen MR) is 235 cm³/mol. The molecule has 2 aliphatic rings. The summed E-state index contributed by atoms with van der Waals surface area (Å²) in [5.41, 5.74) is 3.89. The molecule has 3 unspecified atom stereocenters. The average molecular weight is 797 g/mol. The summed E-state index contributed by atoms with van der Waals surface area (Å²) < 4.78 is 25.8. The van der Waals surface area contributed by atoms with Gasteiger partial charge in [-0.2, -0.15) is 0 Å². The van der Waals surface area contributed by atoms with E-state index >= 15 is 0 Å². The summed E-state index contributed by atoms with van der Waals surface area (Å²) in [6.45, 7) is 13.1. The van der Waals surface area contributed by atoms with E-state index in [0.29, 0.717) is 42.0 Å². The van der Waals surface area contributed by atoms with Crippen LogP contribution >= 0.6 is 0 Å². The Bertz CT molecular complexity index is 2370. The van der Waals surface area contributed by atoms with Gasteiger partial charge < -0.3 is 18.9 Å². The first-order valence-electron chi connectivity index (χ1n) is 21.6. The van der Waals surface area contributed by atoms with Crippen LogP contribution in [0.4, 0.5) is 0 Å². The van der Waals surface area contributed by atoms with E-state index in [-0.39, 0.29) is 18.2 Å². The van der Waals surface area contributed by atoms with Gasteiger partial charge in [0, 0.05) is 47.4 Å². The summed E-state index contributed by atoms with van der Waals surface area (Å²) in [7, 11) is 5.63. The van der Waals surface area contributed by atoms with Crippen LogP contribution < -0.4 is 18.9 Å². The fraction of sp³-hybridized carbons (Fsp3) is 0.469. The van der Waals surface area contributed by atoms with Gasteiger partial charge in [-0.05, 0) is 124 Å². The van der Waals surface area contributed by atoms with Gasteiger partial charge in [0.2, 0.25) is 11.8 Å². The SMILES string of the molecule is CCC1CN(C[C@@H](Oc2nnc(O[C@@H](c3ccnc4ccc(OC)cc34)[C@H]3C[C@H](C(C)CC)CCN3C)c3ccccc23)c2ccnc3ccc(OC)cc23)CCC1C. The summed E-state index contributed by atoms with van der Waals surface area (Å²) in [6.07, 6.45) is 8.73. The number of ether oxygens (including phenoxy) is 4. The molecule has 5 heterocycles. The molecule has 3 aromatic heterocycles. The lowest BCUT2D eigenvalue weighted by Crippen LogP contribution is -2.46. The van der Waals surface area contributed by atoms with Crippen LogP contribution in [-0.4, -0.2) is 83.5 Å². The largest absolute Gasteiger partial charge is 0.497 e. The van der Waals surface area contributed by atoms with Gasteiger partial charge in [0.1, 0.15) is 23.7 Å². The summed E-state index contributed by atoms with van der Waals surface area (Å²) in [5, 5.41) is 13.5. The quantitative estimate of drug-likeness (QED) is 0.106. The van der Waals surface area contributed by atoms with Crippen LogP contribution in [0.3, 0.4) is 0 Å². The molecule has 6 aromatic rings. The first kappa shape index (κ1) is 40.7. The van der Waals surface area contributed by atoms with E-state index in [1.54, 1.807) is 14.2 Å². The van der Waals surface area contributed by atoms with Gasteiger partial charge in [-0.3, -0.25) is 19.8 Å². The highest BCUT2D eigenvalue weighted by molar-refractivity contribution is 5.91. The fourth-order valence-electron chi connectivity index (χ4n) is 9.61. The third kappa shape index (κ3) is 8.53. The standard InChI is InChI=1S/C49H60N6O4/c1-8-31(3)34-21-24-54(5)45(26-34)47(38-19-23-51-44-17-15-36(57-7)28-42(38)44)59-49-40-13-11-10-12-39(40)48(52-53-49)58-46(30-55-25-20-32(4)33(9-2)29-55)37-18-22-50-43-16-14-35(56-6)27-41(37)43/h10-19,22-23,27-28,31-34,45-47H,8-9,20-21,24-26,29-30H2,1-7H3/t31?,32?,33?,34-,45-,46-,47+/m1/s1. The second-order valence-corrected chi connectivity index (χ2v) is 17.0. The van der Waals surface area contributed by atoms with E-state index in [4.69, 9.17) is 39.1 Å². The molecule has 2 fully saturated rings. The maximum Gasteiger partial charge on any atom is 0.242 e. The average Bonchev–Trinajstić information content (AvgIpc) is 3.28. The van der Waals surface area contributed by atoms with Gasteiger partial charge in [-0.25, -0.2) is 0 Å². The number of hydrogen-bond donors (Lipinski definition) is 0. The van der Waals surface area contributed by atoms with Crippen molar-refractivity contribution >= 4 is 32.6 Å². The van der Waals surface area contributed by atoms with Crippen LogP contribution in [-0.2, 0) is 0 Å². The lowest BCUT2D eigenvalue weighted by Gasteiger charge is -2.43. The molecular formula is C49H60N6O4. The van der Waals surface area contributed by atoms with Gasteiger partial charge in [-0.1, -0.05) is 52.7 Å². The van der Waals surface area contributed by atoms with Gasteiger partial charge >= 0.3 is 0 Å². The minimum absolute atomic E-state index is 0.0941. The number of likely N-dealkylation sites (N-methyl/N-ethyl adjacent to an activating group) is 1. The molecule has 0 saturated carbocycles. The zero-order valence-electron chi connectivity index (χ0n) is 35.8. The Morgan fingerprint density at radius 1 is 0.746 bits per heavy atom. The molecule has 2 saturated heterocycles. The zero-order valence-corrected chi connectivity index (χ0v) is 35.8. The second-order valence-electron chi connectivity index (χ2n) is 17.0.